The first-order valence-electron chi connectivity index (χ1n) is 9.78. The number of benzene rings is 2. The molecule has 0 bridgehead atoms. The van der Waals surface area contributed by atoms with Crippen molar-refractivity contribution >= 4 is 22.5 Å². The Kier molecular flexibility index (Phi) is 6.68. The van der Waals surface area contributed by atoms with E-state index in [0.29, 0.717) is 41.3 Å². The van der Waals surface area contributed by atoms with Crippen LogP contribution in [0.2, 0.25) is 0 Å². The molecule has 158 valence electrons. The highest BCUT2D eigenvalue weighted by Crippen LogP contribution is 2.29. The first kappa shape index (κ1) is 21.3. The number of ether oxygens (including phenoxy) is 2. The standard InChI is InChI=1S/C22H26N4O4/c1-5-26(13-21(27)23-15-8-6-7-14(2)9-15)12-20-24-17-11-19(30-4)18(29-3)10-16(17)22(28)25-20/h6-11H,5,12-13H2,1-4H3,(H,23,27)(H,24,25,28)/p+1. The fraction of sp³-hybridized carbons (Fsp3) is 0.318. The highest BCUT2D eigenvalue weighted by molar-refractivity contribution is 5.91. The van der Waals surface area contributed by atoms with Crippen LogP contribution >= 0.6 is 0 Å². The summed E-state index contributed by atoms with van der Waals surface area (Å²) in [7, 11) is 3.05. The van der Waals surface area contributed by atoms with Gasteiger partial charge in [-0.05, 0) is 37.6 Å². The van der Waals surface area contributed by atoms with Crippen LogP contribution in [0.4, 0.5) is 5.69 Å². The number of aryl methyl sites for hydroxylation is 1. The van der Waals surface area contributed by atoms with Gasteiger partial charge in [-0.3, -0.25) is 9.59 Å². The molecule has 0 radical (unpaired) electrons. The number of nitrogens with zero attached hydrogens (tertiary/aromatic N) is 1. The maximum Gasteiger partial charge on any atom is 0.279 e. The summed E-state index contributed by atoms with van der Waals surface area (Å²) in [6.07, 6.45) is 0. The predicted molar refractivity (Wildman–Crippen MR) is 115 cm³/mol. The van der Waals surface area contributed by atoms with Crippen LogP contribution in [0, 0.1) is 6.92 Å². The van der Waals surface area contributed by atoms with Crippen molar-refractivity contribution in [3.05, 3.63) is 58.1 Å². The minimum absolute atomic E-state index is 0.0907. The van der Waals surface area contributed by atoms with Crippen molar-refractivity contribution in [3.63, 3.8) is 0 Å². The summed E-state index contributed by atoms with van der Waals surface area (Å²) in [5, 5.41) is 3.34. The summed E-state index contributed by atoms with van der Waals surface area (Å²) in [4.78, 5) is 33.4. The molecule has 8 nitrogen and oxygen atoms in total. The third-order valence-corrected chi connectivity index (χ3v) is 4.89. The number of nitrogens with one attached hydrogen (secondary N) is 3. The van der Waals surface area contributed by atoms with Gasteiger partial charge in [0.05, 0.1) is 31.7 Å². The molecular weight excluding hydrogens is 384 g/mol. The third kappa shape index (κ3) is 4.96. The highest BCUT2D eigenvalue weighted by atomic mass is 16.5. The van der Waals surface area contributed by atoms with Crippen molar-refractivity contribution in [1.82, 2.24) is 9.97 Å². The van der Waals surface area contributed by atoms with Gasteiger partial charge in [0.15, 0.2) is 23.9 Å². The van der Waals surface area contributed by atoms with Gasteiger partial charge in [-0.15, -0.1) is 0 Å². The monoisotopic (exact) mass is 411 g/mol. The van der Waals surface area contributed by atoms with E-state index >= 15 is 0 Å². The Morgan fingerprint density at radius 3 is 2.57 bits per heavy atom. The van der Waals surface area contributed by atoms with Crippen molar-refractivity contribution in [2.24, 2.45) is 0 Å². The van der Waals surface area contributed by atoms with Crippen LogP contribution in [-0.4, -0.2) is 43.2 Å². The molecule has 0 aliphatic heterocycles. The van der Waals surface area contributed by atoms with Gasteiger partial charge in [-0.1, -0.05) is 12.1 Å². The molecule has 2 aromatic carbocycles. The minimum Gasteiger partial charge on any atom is -0.493 e. The van der Waals surface area contributed by atoms with E-state index in [0.717, 1.165) is 16.2 Å². The second kappa shape index (κ2) is 9.41. The van der Waals surface area contributed by atoms with E-state index in [-0.39, 0.29) is 18.0 Å². The number of carbonyl (C=O) groups excluding carboxylic acids is 1. The topological polar surface area (TPSA) is 97.8 Å². The number of amides is 1. The molecule has 1 atom stereocenters. The Morgan fingerprint density at radius 1 is 1.17 bits per heavy atom. The average molecular weight is 411 g/mol. The van der Waals surface area contributed by atoms with Gasteiger partial charge >= 0.3 is 0 Å². The largest absolute Gasteiger partial charge is 0.493 e. The fourth-order valence-corrected chi connectivity index (χ4v) is 3.30. The summed E-state index contributed by atoms with van der Waals surface area (Å²) in [5.74, 6) is 1.40. The summed E-state index contributed by atoms with van der Waals surface area (Å²) in [6.45, 7) is 5.35. The second-order valence-corrected chi connectivity index (χ2v) is 7.11. The molecule has 30 heavy (non-hydrogen) atoms. The zero-order valence-electron chi connectivity index (χ0n) is 17.7. The lowest BCUT2D eigenvalue weighted by atomic mass is 10.2. The van der Waals surface area contributed by atoms with E-state index in [1.54, 1.807) is 12.1 Å². The zero-order chi connectivity index (χ0) is 21.7. The SMILES string of the molecule is CC[NH+](CC(=O)Nc1cccc(C)c1)Cc1nc2cc(OC)c(OC)cc2c(=O)[nH]1. The Bertz CT molecular complexity index is 1110. The summed E-state index contributed by atoms with van der Waals surface area (Å²) >= 11 is 0. The van der Waals surface area contributed by atoms with E-state index in [1.165, 1.54) is 14.2 Å². The van der Waals surface area contributed by atoms with Crippen molar-refractivity contribution in [1.29, 1.82) is 0 Å². The van der Waals surface area contributed by atoms with Crippen LogP contribution in [0.3, 0.4) is 0 Å². The summed E-state index contributed by atoms with van der Waals surface area (Å²) in [6, 6.07) is 11.0. The normalized spacial score (nSPS) is 11.9. The number of H-pyrrole nitrogens is 1. The van der Waals surface area contributed by atoms with Crippen LogP contribution in [0.1, 0.15) is 18.3 Å². The molecule has 3 N–H and O–H groups in total. The number of aromatic amines is 1. The van der Waals surface area contributed by atoms with Gasteiger partial charge in [0.1, 0.15) is 6.54 Å². The minimum atomic E-state index is -0.254. The molecule has 8 heteroatoms. The molecular formula is C22H27N4O4+. The highest BCUT2D eigenvalue weighted by Gasteiger charge is 2.17. The van der Waals surface area contributed by atoms with Gasteiger partial charge < -0.3 is 24.7 Å². The lowest BCUT2D eigenvalue weighted by Gasteiger charge is -2.17. The molecule has 1 amide bonds. The maximum atomic E-state index is 12.6. The van der Waals surface area contributed by atoms with E-state index in [4.69, 9.17) is 9.47 Å². The number of rotatable bonds is 8. The lowest BCUT2D eigenvalue weighted by Crippen LogP contribution is -3.11. The average Bonchev–Trinajstić information content (AvgIpc) is 2.72. The Morgan fingerprint density at radius 2 is 1.90 bits per heavy atom. The number of anilines is 1. The molecule has 1 unspecified atom stereocenters. The Hall–Kier alpha value is -3.39. The van der Waals surface area contributed by atoms with Gasteiger partial charge in [0, 0.05) is 11.8 Å². The van der Waals surface area contributed by atoms with Crippen molar-refractivity contribution in [3.8, 4) is 11.5 Å². The quantitative estimate of drug-likeness (QED) is 0.519. The van der Waals surface area contributed by atoms with E-state index in [1.807, 2.05) is 38.1 Å². The van der Waals surface area contributed by atoms with E-state index in [2.05, 4.69) is 15.3 Å². The molecule has 0 aliphatic rings. The molecule has 3 aromatic rings. The fourth-order valence-electron chi connectivity index (χ4n) is 3.30. The number of methoxy groups -OCH3 is 2. The molecule has 3 rings (SSSR count). The van der Waals surface area contributed by atoms with Gasteiger partial charge in [-0.25, -0.2) is 4.98 Å². The second-order valence-electron chi connectivity index (χ2n) is 7.11. The lowest BCUT2D eigenvalue weighted by molar-refractivity contribution is -0.904. The molecule has 1 aromatic heterocycles. The summed E-state index contributed by atoms with van der Waals surface area (Å²) < 4.78 is 10.6. The zero-order valence-corrected chi connectivity index (χ0v) is 17.7. The molecule has 0 spiro atoms. The molecule has 0 saturated heterocycles. The Labute approximate surface area is 174 Å². The molecule has 1 heterocycles. The number of aromatic nitrogens is 2. The number of hydrogen-bond donors (Lipinski definition) is 3. The van der Waals surface area contributed by atoms with Gasteiger partial charge in [-0.2, -0.15) is 0 Å². The summed E-state index contributed by atoms with van der Waals surface area (Å²) in [5.41, 5.74) is 2.12. The van der Waals surface area contributed by atoms with Crippen molar-refractivity contribution < 1.29 is 19.2 Å². The molecule has 0 fully saturated rings. The number of hydrogen-bond acceptors (Lipinski definition) is 5. The first-order chi connectivity index (χ1) is 14.4. The smallest absolute Gasteiger partial charge is 0.279 e. The van der Waals surface area contributed by atoms with E-state index in [9.17, 15) is 9.59 Å². The Balaban J connectivity index is 1.77. The predicted octanol–water partition coefficient (Wildman–Crippen LogP) is 1.29. The molecule has 0 saturated carbocycles. The number of likely N-dealkylation sites (N-methyl/N-ethyl adjacent to an activating group) is 1. The molecule has 0 aliphatic carbocycles. The third-order valence-electron chi connectivity index (χ3n) is 4.89. The number of quaternary nitrogens is 1. The van der Waals surface area contributed by atoms with Gasteiger partial charge in [0.2, 0.25) is 0 Å². The van der Waals surface area contributed by atoms with Crippen LogP contribution in [-0.2, 0) is 11.3 Å². The van der Waals surface area contributed by atoms with Crippen molar-refractivity contribution in [2.45, 2.75) is 20.4 Å². The van der Waals surface area contributed by atoms with Crippen LogP contribution in [0.5, 0.6) is 11.5 Å². The van der Waals surface area contributed by atoms with E-state index < -0.39 is 0 Å². The van der Waals surface area contributed by atoms with Crippen LogP contribution in [0.15, 0.2) is 41.2 Å². The number of carbonyl (C=O) groups is 1. The first-order valence-corrected chi connectivity index (χ1v) is 9.78. The van der Waals surface area contributed by atoms with Crippen molar-refractivity contribution in [2.75, 3.05) is 32.6 Å². The van der Waals surface area contributed by atoms with Crippen LogP contribution < -0.4 is 25.2 Å². The van der Waals surface area contributed by atoms with Gasteiger partial charge in [0.25, 0.3) is 11.5 Å². The van der Waals surface area contributed by atoms with Crippen LogP contribution in [0.25, 0.3) is 10.9 Å². The number of fused-ring (bicyclic) bond motifs is 1. The maximum absolute atomic E-state index is 12.6.